The third-order valence-electron chi connectivity index (χ3n) is 4.51. The van der Waals surface area contributed by atoms with Crippen molar-refractivity contribution in [2.45, 2.75) is 19.4 Å². The van der Waals surface area contributed by atoms with E-state index >= 15 is 0 Å². The number of ether oxygens (including phenoxy) is 1. The van der Waals surface area contributed by atoms with Crippen molar-refractivity contribution in [2.75, 3.05) is 13.1 Å². The summed E-state index contributed by atoms with van der Waals surface area (Å²) in [5, 5.41) is 18.9. The molecule has 1 saturated heterocycles. The van der Waals surface area contributed by atoms with E-state index < -0.39 is 18.0 Å². The number of aliphatic hydroxyl groups is 1. The van der Waals surface area contributed by atoms with Crippen molar-refractivity contribution >= 4 is 11.9 Å². The predicted molar refractivity (Wildman–Crippen MR) is 95.3 cm³/mol. The zero-order valence-corrected chi connectivity index (χ0v) is 14.5. The van der Waals surface area contributed by atoms with E-state index in [1.807, 2.05) is 31.2 Å². The van der Waals surface area contributed by atoms with Gasteiger partial charge in [-0.25, -0.2) is 0 Å². The van der Waals surface area contributed by atoms with Crippen molar-refractivity contribution in [1.29, 1.82) is 0 Å². The molecule has 2 aromatic rings. The third kappa shape index (κ3) is 4.03. The van der Waals surface area contributed by atoms with Gasteiger partial charge in [0.05, 0.1) is 6.10 Å². The molecule has 136 valence electrons. The number of carboxylic acids is 1. The first-order valence-electron chi connectivity index (χ1n) is 8.49. The van der Waals surface area contributed by atoms with E-state index in [2.05, 4.69) is 0 Å². The van der Waals surface area contributed by atoms with Crippen LogP contribution >= 0.6 is 0 Å². The van der Waals surface area contributed by atoms with Gasteiger partial charge in [0.25, 0.3) is 5.91 Å². The average molecular weight is 355 g/mol. The highest BCUT2D eigenvalue weighted by Gasteiger charge is 2.35. The van der Waals surface area contributed by atoms with Crippen LogP contribution in [0.3, 0.4) is 0 Å². The Morgan fingerprint density at radius 1 is 1.12 bits per heavy atom. The highest BCUT2D eigenvalue weighted by Crippen LogP contribution is 2.24. The van der Waals surface area contributed by atoms with Crippen LogP contribution in [-0.4, -0.2) is 46.2 Å². The van der Waals surface area contributed by atoms with Gasteiger partial charge < -0.3 is 19.8 Å². The lowest BCUT2D eigenvalue weighted by Crippen LogP contribution is -2.48. The van der Waals surface area contributed by atoms with Crippen LogP contribution in [0.15, 0.2) is 48.5 Å². The quantitative estimate of drug-likeness (QED) is 0.880. The fraction of sp³-hybridized carbons (Fsp3) is 0.300. The maximum absolute atomic E-state index is 12.6. The van der Waals surface area contributed by atoms with E-state index in [1.165, 1.54) is 4.90 Å². The highest BCUT2D eigenvalue weighted by atomic mass is 16.5. The van der Waals surface area contributed by atoms with Crippen molar-refractivity contribution in [1.82, 2.24) is 4.90 Å². The number of likely N-dealkylation sites (tertiary alicyclic amines) is 1. The Hall–Kier alpha value is -2.86. The number of aliphatic carboxylic acids is 1. The molecule has 0 unspecified atom stereocenters. The SMILES string of the molecule is Cc1cccc(Oc2ccc(C(=O)N3CC[C@H](O)[C@@H](C(=O)O)C3)cc2)c1. The molecule has 6 heteroatoms. The summed E-state index contributed by atoms with van der Waals surface area (Å²) in [4.78, 5) is 25.3. The van der Waals surface area contributed by atoms with Crippen molar-refractivity contribution in [2.24, 2.45) is 5.92 Å². The second kappa shape index (κ2) is 7.58. The van der Waals surface area contributed by atoms with Gasteiger partial charge in [-0.1, -0.05) is 12.1 Å². The number of carboxylic acid groups (broad SMARTS) is 1. The molecule has 0 aromatic heterocycles. The molecule has 26 heavy (non-hydrogen) atoms. The lowest BCUT2D eigenvalue weighted by Gasteiger charge is -2.34. The summed E-state index contributed by atoms with van der Waals surface area (Å²) < 4.78 is 5.77. The Labute approximate surface area is 151 Å². The minimum atomic E-state index is -1.09. The molecule has 1 aliphatic heterocycles. The molecule has 2 atom stereocenters. The molecule has 2 N–H and O–H groups in total. The number of rotatable bonds is 4. The Kier molecular flexibility index (Phi) is 5.23. The topological polar surface area (TPSA) is 87.1 Å². The molecule has 0 saturated carbocycles. The number of nitrogens with zero attached hydrogens (tertiary/aromatic N) is 1. The van der Waals surface area contributed by atoms with Crippen LogP contribution in [0, 0.1) is 12.8 Å². The van der Waals surface area contributed by atoms with Crippen LogP contribution in [-0.2, 0) is 4.79 Å². The normalized spacial score (nSPS) is 19.8. The number of carbonyl (C=O) groups excluding carboxylic acids is 1. The Balaban J connectivity index is 1.68. The third-order valence-corrected chi connectivity index (χ3v) is 4.51. The van der Waals surface area contributed by atoms with Crippen molar-refractivity contribution < 1.29 is 24.5 Å². The van der Waals surface area contributed by atoms with Crippen LogP contribution in [0.1, 0.15) is 22.3 Å². The molecule has 1 fully saturated rings. The molecule has 1 amide bonds. The maximum Gasteiger partial charge on any atom is 0.310 e. The molecule has 3 rings (SSSR count). The number of aliphatic hydroxyl groups excluding tert-OH is 1. The van der Waals surface area contributed by atoms with Gasteiger partial charge in [-0.2, -0.15) is 0 Å². The number of benzene rings is 2. The average Bonchev–Trinajstić information content (AvgIpc) is 2.62. The smallest absolute Gasteiger partial charge is 0.310 e. The number of amides is 1. The Morgan fingerprint density at radius 3 is 2.50 bits per heavy atom. The van der Waals surface area contributed by atoms with Gasteiger partial charge in [0.15, 0.2) is 0 Å². The number of hydrogen-bond donors (Lipinski definition) is 2. The van der Waals surface area contributed by atoms with Crippen molar-refractivity contribution in [3.05, 3.63) is 59.7 Å². The number of aryl methyl sites for hydroxylation is 1. The summed E-state index contributed by atoms with van der Waals surface area (Å²) in [5.41, 5.74) is 1.55. The van der Waals surface area contributed by atoms with Crippen molar-refractivity contribution in [3.8, 4) is 11.5 Å². The zero-order valence-electron chi connectivity index (χ0n) is 14.5. The fourth-order valence-corrected chi connectivity index (χ4v) is 3.03. The fourth-order valence-electron chi connectivity index (χ4n) is 3.03. The van der Waals surface area contributed by atoms with E-state index in [0.29, 0.717) is 17.9 Å². The van der Waals surface area contributed by atoms with Gasteiger partial charge in [-0.3, -0.25) is 9.59 Å². The molecule has 1 aliphatic rings. The van der Waals surface area contributed by atoms with E-state index in [1.54, 1.807) is 24.3 Å². The standard InChI is InChI=1S/C20H21NO5/c1-13-3-2-4-16(11-13)26-15-7-5-14(6-8-15)19(23)21-10-9-18(22)17(12-21)20(24)25/h2-8,11,17-18,22H,9-10,12H2,1H3,(H,24,25)/t17-,18-/m0/s1. The van der Waals surface area contributed by atoms with Gasteiger partial charge in [-0.05, 0) is 55.3 Å². The van der Waals surface area contributed by atoms with Crippen LogP contribution in [0.5, 0.6) is 11.5 Å². The van der Waals surface area contributed by atoms with E-state index in [9.17, 15) is 14.7 Å². The monoisotopic (exact) mass is 355 g/mol. The van der Waals surface area contributed by atoms with Gasteiger partial charge >= 0.3 is 5.97 Å². The minimum absolute atomic E-state index is 0.0108. The Bertz CT molecular complexity index is 802. The molecule has 0 bridgehead atoms. The van der Waals surface area contributed by atoms with Crippen LogP contribution in [0.4, 0.5) is 0 Å². The van der Waals surface area contributed by atoms with Gasteiger partial charge in [0.1, 0.15) is 17.4 Å². The second-order valence-corrected chi connectivity index (χ2v) is 6.49. The summed E-state index contributed by atoms with van der Waals surface area (Å²) in [6.45, 7) is 2.33. The number of hydrogen-bond acceptors (Lipinski definition) is 4. The first-order valence-corrected chi connectivity index (χ1v) is 8.49. The first-order chi connectivity index (χ1) is 12.4. The molecular formula is C20H21NO5. The van der Waals surface area contributed by atoms with Crippen LogP contribution < -0.4 is 4.74 Å². The first kappa shape index (κ1) is 17.9. The zero-order chi connectivity index (χ0) is 18.7. The molecule has 0 aliphatic carbocycles. The van der Waals surface area contributed by atoms with E-state index in [0.717, 1.165) is 11.3 Å². The summed E-state index contributed by atoms with van der Waals surface area (Å²) >= 11 is 0. The van der Waals surface area contributed by atoms with Gasteiger partial charge in [0.2, 0.25) is 0 Å². The molecule has 2 aromatic carbocycles. The summed E-state index contributed by atoms with van der Waals surface area (Å²) in [6.07, 6.45) is -0.654. The van der Waals surface area contributed by atoms with Crippen LogP contribution in [0.25, 0.3) is 0 Å². The maximum atomic E-state index is 12.6. The molecule has 6 nitrogen and oxygen atoms in total. The van der Waals surface area contributed by atoms with E-state index in [4.69, 9.17) is 9.84 Å². The lowest BCUT2D eigenvalue weighted by atomic mass is 9.94. The van der Waals surface area contributed by atoms with Gasteiger partial charge in [0, 0.05) is 18.7 Å². The summed E-state index contributed by atoms with van der Waals surface area (Å²) in [6, 6.07) is 14.4. The number of carbonyl (C=O) groups is 2. The Morgan fingerprint density at radius 2 is 1.85 bits per heavy atom. The molecule has 1 heterocycles. The second-order valence-electron chi connectivity index (χ2n) is 6.49. The van der Waals surface area contributed by atoms with E-state index in [-0.39, 0.29) is 18.9 Å². The summed E-state index contributed by atoms with van der Waals surface area (Å²) in [5.74, 6) is -0.943. The number of piperidine rings is 1. The molecule has 0 spiro atoms. The minimum Gasteiger partial charge on any atom is -0.481 e. The highest BCUT2D eigenvalue weighted by molar-refractivity contribution is 5.94. The van der Waals surface area contributed by atoms with Gasteiger partial charge in [-0.15, -0.1) is 0 Å². The largest absolute Gasteiger partial charge is 0.481 e. The lowest BCUT2D eigenvalue weighted by molar-refractivity contribution is -0.148. The van der Waals surface area contributed by atoms with Crippen LogP contribution in [0.2, 0.25) is 0 Å². The van der Waals surface area contributed by atoms with Crippen molar-refractivity contribution in [3.63, 3.8) is 0 Å². The predicted octanol–water partition coefficient (Wildman–Crippen LogP) is 2.69. The molecular weight excluding hydrogens is 334 g/mol. The molecule has 0 radical (unpaired) electrons. The summed E-state index contributed by atoms with van der Waals surface area (Å²) in [7, 11) is 0.